The molecule has 2 aromatic carbocycles. The molecule has 0 aromatic heterocycles. The van der Waals surface area contributed by atoms with Crippen molar-refractivity contribution in [2.24, 2.45) is 17.3 Å². The Morgan fingerprint density at radius 3 is 2.43 bits per heavy atom. The molecule has 2 aromatic rings. The highest BCUT2D eigenvalue weighted by Gasteiger charge is 2.64. The molecule has 7 heteroatoms. The Morgan fingerprint density at radius 1 is 1.17 bits per heavy atom. The number of ether oxygens (including phenoxy) is 2. The van der Waals surface area contributed by atoms with Crippen molar-refractivity contribution in [2.45, 2.75) is 30.2 Å². The van der Waals surface area contributed by atoms with Crippen molar-refractivity contribution < 1.29 is 14.3 Å². The van der Waals surface area contributed by atoms with Gasteiger partial charge in [-0.05, 0) is 54.2 Å². The van der Waals surface area contributed by atoms with Gasteiger partial charge in [-0.2, -0.15) is 0 Å². The van der Waals surface area contributed by atoms with Gasteiger partial charge in [0.15, 0.2) is 9.90 Å². The van der Waals surface area contributed by atoms with Gasteiger partial charge in [0.2, 0.25) is 0 Å². The molecule has 1 fully saturated rings. The fourth-order valence-corrected chi connectivity index (χ4v) is 4.23. The minimum Gasteiger partial charge on any atom is -0.457 e. The molecule has 30 heavy (non-hydrogen) atoms. The smallest absolute Gasteiger partial charge is 0.311 e. The first-order valence-corrected chi connectivity index (χ1v) is 10.8. The van der Waals surface area contributed by atoms with Crippen molar-refractivity contribution in [1.29, 1.82) is 0 Å². The van der Waals surface area contributed by atoms with E-state index >= 15 is 0 Å². The number of alkyl halides is 3. The zero-order chi connectivity index (χ0) is 22.1. The Hall–Kier alpha value is -1.57. The van der Waals surface area contributed by atoms with E-state index < -0.39 is 15.9 Å². The van der Waals surface area contributed by atoms with Gasteiger partial charge in [-0.25, -0.2) is 0 Å². The van der Waals surface area contributed by atoms with Crippen LogP contribution in [0.3, 0.4) is 0 Å². The maximum atomic E-state index is 12.8. The maximum Gasteiger partial charge on any atom is 0.311 e. The Kier molecular flexibility index (Phi) is 6.84. The largest absolute Gasteiger partial charge is 0.457 e. The van der Waals surface area contributed by atoms with Gasteiger partial charge in [0, 0.05) is 10.6 Å². The van der Waals surface area contributed by atoms with Crippen LogP contribution in [0, 0.1) is 29.6 Å². The summed E-state index contributed by atoms with van der Waals surface area (Å²) >= 11 is 23.6. The van der Waals surface area contributed by atoms with Gasteiger partial charge in [0.05, 0.1) is 5.92 Å². The van der Waals surface area contributed by atoms with Crippen LogP contribution in [-0.2, 0) is 9.53 Å². The van der Waals surface area contributed by atoms with Crippen LogP contribution >= 0.6 is 46.4 Å². The lowest BCUT2D eigenvalue weighted by Crippen LogP contribution is -2.15. The summed E-state index contributed by atoms with van der Waals surface area (Å²) in [5.41, 5.74) is 0.313. The summed E-state index contributed by atoms with van der Waals surface area (Å²) in [7, 11) is 0. The molecule has 0 spiro atoms. The second kappa shape index (κ2) is 8.89. The SMILES string of the molecule is C#CC(OC(=O)C1C(CC(Cl)(Cl)Cl)C1(C)C)c1cccc(Oc2ccc(Cl)cc2)c1. The van der Waals surface area contributed by atoms with Gasteiger partial charge in [-0.1, -0.05) is 78.3 Å². The lowest BCUT2D eigenvalue weighted by atomic mass is 10.1. The Balaban J connectivity index is 1.70. The molecule has 0 radical (unpaired) electrons. The molecule has 1 aliphatic carbocycles. The van der Waals surface area contributed by atoms with Crippen molar-refractivity contribution in [3.8, 4) is 23.8 Å². The third-order valence-corrected chi connectivity index (χ3v) is 6.07. The molecule has 158 valence electrons. The van der Waals surface area contributed by atoms with Crippen LogP contribution in [0.1, 0.15) is 31.9 Å². The first-order valence-electron chi connectivity index (χ1n) is 9.28. The zero-order valence-electron chi connectivity index (χ0n) is 16.4. The van der Waals surface area contributed by atoms with Crippen LogP contribution in [0.2, 0.25) is 5.02 Å². The predicted octanol–water partition coefficient (Wildman–Crippen LogP) is 7.38. The number of halogens is 4. The molecule has 0 N–H and O–H groups in total. The number of terminal acetylenes is 1. The van der Waals surface area contributed by atoms with E-state index in [0.29, 0.717) is 22.1 Å². The quantitative estimate of drug-likeness (QED) is 0.243. The molecule has 0 aliphatic heterocycles. The van der Waals surface area contributed by atoms with Gasteiger partial charge in [0.25, 0.3) is 0 Å². The van der Waals surface area contributed by atoms with Crippen molar-refractivity contribution in [3.63, 3.8) is 0 Å². The average molecular weight is 486 g/mol. The Bertz CT molecular complexity index is 958. The number of carbonyl (C=O) groups is 1. The van der Waals surface area contributed by atoms with Crippen LogP contribution in [0.15, 0.2) is 48.5 Å². The first-order chi connectivity index (χ1) is 14.0. The van der Waals surface area contributed by atoms with E-state index in [2.05, 4.69) is 5.92 Å². The van der Waals surface area contributed by atoms with E-state index in [4.69, 9.17) is 62.3 Å². The van der Waals surface area contributed by atoms with Crippen molar-refractivity contribution in [3.05, 3.63) is 59.1 Å². The predicted molar refractivity (Wildman–Crippen MR) is 121 cm³/mol. The topological polar surface area (TPSA) is 35.5 Å². The average Bonchev–Trinajstić information content (AvgIpc) is 3.19. The van der Waals surface area contributed by atoms with Crippen LogP contribution in [0.5, 0.6) is 11.5 Å². The molecule has 0 heterocycles. The van der Waals surface area contributed by atoms with Gasteiger partial charge in [-0.3, -0.25) is 4.79 Å². The summed E-state index contributed by atoms with van der Waals surface area (Å²) in [4.78, 5) is 12.8. The van der Waals surface area contributed by atoms with Crippen molar-refractivity contribution in [1.82, 2.24) is 0 Å². The van der Waals surface area contributed by atoms with E-state index in [0.717, 1.165) is 0 Å². The highest BCUT2D eigenvalue weighted by molar-refractivity contribution is 6.67. The number of hydrogen-bond donors (Lipinski definition) is 0. The molecule has 0 saturated heterocycles. The molecule has 1 saturated carbocycles. The summed E-state index contributed by atoms with van der Waals surface area (Å²) in [6.45, 7) is 3.90. The lowest BCUT2D eigenvalue weighted by Gasteiger charge is -2.15. The summed E-state index contributed by atoms with van der Waals surface area (Å²) < 4.78 is 10.0. The molecule has 3 nitrogen and oxygen atoms in total. The summed E-state index contributed by atoms with van der Waals surface area (Å²) in [5.74, 6) is 2.85. The molecule has 3 unspecified atom stereocenters. The summed E-state index contributed by atoms with van der Waals surface area (Å²) in [6.07, 6.45) is 5.07. The second-order valence-corrected chi connectivity index (χ2v) is 10.8. The normalized spacial score (nSPS) is 20.7. The lowest BCUT2D eigenvalue weighted by molar-refractivity contribution is -0.149. The van der Waals surface area contributed by atoms with Crippen LogP contribution in [0.4, 0.5) is 0 Å². The molecular formula is C23H20Cl4O3. The molecular weight excluding hydrogens is 466 g/mol. The Morgan fingerprint density at radius 2 is 1.83 bits per heavy atom. The van der Waals surface area contributed by atoms with Gasteiger partial charge in [-0.15, -0.1) is 6.42 Å². The van der Waals surface area contributed by atoms with Gasteiger partial charge in [0.1, 0.15) is 11.5 Å². The number of rotatable bonds is 6. The number of carbonyl (C=O) groups excluding carboxylic acids is 1. The molecule has 0 bridgehead atoms. The van der Waals surface area contributed by atoms with Crippen molar-refractivity contribution in [2.75, 3.05) is 0 Å². The fraction of sp³-hybridized carbons (Fsp3) is 0.348. The minimum atomic E-state index is -1.42. The molecule has 1 aliphatic rings. The third kappa shape index (κ3) is 5.56. The van der Waals surface area contributed by atoms with Crippen LogP contribution < -0.4 is 4.74 Å². The van der Waals surface area contributed by atoms with E-state index in [1.165, 1.54) is 0 Å². The standard InChI is InChI=1S/C23H20Cl4O3/c1-4-19(30-21(28)20-18(22(20,2)3)13-23(25,26)27)14-6-5-7-17(12-14)29-16-10-8-15(24)9-11-16/h1,5-12,18-20H,13H2,2-3H3. The molecule has 0 amide bonds. The monoisotopic (exact) mass is 484 g/mol. The second-order valence-electron chi connectivity index (χ2n) is 7.84. The number of esters is 1. The van der Waals surface area contributed by atoms with E-state index in [-0.39, 0.29) is 23.7 Å². The Labute approximate surface area is 196 Å². The van der Waals surface area contributed by atoms with Crippen molar-refractivity contribution >= 4 is 52.4 Å². The number of hydrogen-bond acceptors (Lipinski definition) is 3. The zero-order valence-corrected chi connectivity index (χ0v) is 19.4. The molecule has 3 atom stereocenters. The van der Waals surface area contributed by atoms with Gasteiger partial charge < -0.3 is 9.47 Å². The first kappa shape index (κ1) is 23.1. The summed E-state index contributed by atoms with van der Waals surface area (Å²) in [6, 6.07) is 14.1. The van der Waals surface area contributed by atoms with Crippen LogP contribution in [-0.4, -0.2) is 9.76 Å². The third-order valence-electron chi connectivity index (χ3n) is 5.35. The highest BCUT2D eigenvalue weighted by Crippen LogP contribution is 2.63. The summed E-state index contributed by atoms with van der Waals surface area (Å²) in [5, 5.41) is 0.617. The molecule has 3 rings (SSSR count). The highest BCUT2D eigenvalue weighted by atomic mass is 35.6. The van der Waals surface area contributed by atoms with E-state index in [1.54, 1.807) is 48.5 Å². The number of benzene rings is 2. The van der Waals surface area contributed by atoms with E-state index in [9.17, 15) is 4.79 Å². The van der Waals surface area contributed by atoms with E-state index in [1.807, 2.05) is 13.8 Å². The van der Waals surface area contributed by atoms with Crippen LogP contribution in [0.25, 0.3) is 0 Å². The minimum absolute atomic E-state index is 0.0875. The fourth-order valence-electron chi connectivity index (χ4n) is 3.61. The van der Waals surface area contributed by atoms with Gasteiger partial charge >= 0.3 is 5.97 Å². The maximum absolute atomic E-state index is 12.8.